The Hall–Kier alpha value is -2.70. The van der Waals surface area contributed by atoms with Crippen LogP contribution < -0.4 is 10.6 Å². The average Bonchev–Trinajstić information content (AvgIpc) is 3.26. The lowest BCUT2D eigenvalue weighted by Crippen LogP contribution is -2.47. The molecule has 2 N–H and O–H groups in total. The molecule has 1 aliphatic carbocycles. The third kappa shape index (κ3) is 3.79. The van der Waals surface area contributed by atoms with Gasteiger partial charge in [-0.1, -0.05) is 12.8 Å². The van der Waals surface area contributed by atoms with Crippen molar-refractivity contribution in [3.8, 4) is 5.69 Å². The second-order valence-electron chi connectivity index (χ2n) is 6.10. The first-order valence-corrected chi connectivity index (χ1v) is 8.16. The van der Waals surface area contributed by atoms with Gasteiger partial charge in [0.25, 0.3) is 0 Å². The fourth-order valence-electron chi connectivity index (χ4n) is 3.17. The Balaban J connectivity index is 1.68. The maximum absolute atomic E-state index is 12.6. The smallest absolute Gasteiger partial charge is 0.247 e. The molecule has 1 atom stereocenters. The van der Waals surface area contributed by atoms with Gasteiger partial charge in [0.1, 0.15) is 18.7 Å². The van der Waals surface area contributed by atoms with Gasteiger partial charge in [-0.05, 0) is 43.0 Å². The van der Waals surface area contributed by atoms with Crippen molar-refractivity contribution in [2.24, 2.45) is 5.92 Å². The number of aromatic nitrogens is 3. The molecule has 1 aromatic heterocycles. The summed E-state index contributed by atoms with van der Waals surface area (Å²) in [6, 6.07) is 6.86. The number of nitrogens with one attached hydrogen (secondary N) is 2. The summed E-state index contributed by atoms with van der Waals surface area (Å²) < 4.78 is 1.64. The van der Waals surface area contributed by atoms with Crippen molar-refractivity contribution in [2.45, 2.75) is 38.6 Å². The topological polar surface area (TPSA) is 88.9 Å². The molecule has 7 nitrogen and oxygen atoms in total. The van der Waals surface area contributed by atoms with Crippen LogP contribution in [0.4, 0.5) is 5.69 Å². The lowest BCUT2D eigenvalue weighted by Gasteiger charge is -2.23. The third-order valence-electron chi connectivity index (χ3n) is 4.33. The largest absolute Gasteiger partial charge is 0.344 e. The van der Waals surface area contributed by atoms with E-state index in [1.165, 1.54) is 13.3 Å². The Kier molecular flexibility index (Phi) is 4.88. The highest BCUT2D eigenvalue weighted by molar-refractivity contribution is 5.97. The van der Waals surface area contributed by atoms with Gasteiger partial charge in [-0.25, -0.2) is 9.67 Å². The molecule has 0 radical (unpaired) electrons. The molecule has 0 saturated heterocycles. The number of carbonyl (C=O) groups excluding carboxylic acids is 2. The molecule has 1 fully saturated rings. The molecule has 1 saturated carbocycles. The van der Waals surface area contributed by atoms with E-state index >= 15 is 0 Å². The van der Waals surface area contributed by atoms with Crippen LogP contribution in [0.3, 0.4) is 0 Å². The average molecular weight is 327 g/mol. The standard InChI is InChI=1S/C17H21N5O2/c1-12(23)20-16(13-4-2-3-5-13)17(24)21-14-6-8-15(9-7-14)22-11-18-10-19-22/h6-11,13,16H,2-5H2,1H3,(H,20,23)(H,21,24). The molecule has 1 heterocycles. The summed E-state index contributed by atoms with van der Waals surface area (Å²) in [5, 5.41) is 9.76. The molecule has 0 spiro atoms. The molecular weight excluding hydrogens is 306 g/mol. The van der Waals surface area contributed by atoms with Crippen LogP contribution in [0.2, 0.25) is 0 Å². The van der Waals surface area contributed by atoms with Crippen molar-refractivity contribution < 1.29 is 9.59 Å². The summed E-state index contributed by atoms with van der Waals surface area (Å²) in [6.45, 7) is 1.45. The van der Waals surface area contributed by atoms with Crippen LogP contribution in [0.1, 0.15) is 32.6 Å². The first-order valence-electron chi connectivity index (χ1n) is 8.16. The third-order valence-corrected chi connectivity index (χ3v) is 4.33. The van der Waals surface area contributed by atoms with Crippen LogP contribution >= 0.6 is 0 Å². The van der Waals surface area contributed by atoms with Gasteiger partial charge in [0.2, 0.25) is 11.8 Å². The number of amides is 2. The van der Waals surface area contributed by atoms with E-state index in [0.717, 1.165) is 31.4 Å². The summed E-state index contributed by atoms with van der Waals surface area (Å²) in [7, 11) is 0. The zero-order valence-corrected chi connectivity index (χ0v) is 13.6. The predicted molar refractivity (Wildman–Crippen MR) is 89.6 cm³/mol. The molecular formula is C17H21N5O2. The number of hydrogen-bond acceptors (Lipinski definition) is 4. The second kappa shape index (κ2) is 7.25. The first-order chi connectivity index (χ1) is 11.6. The van der Waals surface area contributed by atoms with Gasteiger partial charge in [0, 0.05) is 12.6 Å². The minimum Gasteiger partial charge on any atom is -0.344 e. The number of anilines is 1. The van der Waals surface area contributed by atoms with Crippen LogP contribution in [-0.2, 0) is 9.59 Å². The van der Waals surface area contributed by atoms with Crippen molar-refractivity contribution in [2.75, 3.05) is 5.32 Å². The maximum atomic E-state index is 12.6. The van der Waals surface area contributed by atoms with E-state index in [-0.39, 0.29) is 17.7 Å². The van der Waals surface area contributed by atoms with Gasteiger partial charge in [-0.15, -0.1) is 0 Å². The van der Waals surface area contributed by atoms with Crippen molar-refractivity contribution in [1.82, 2.24) is 20.1 Å². The fraction of sp³-hybridized carbons (Fsp3) is 0.412. The highest BCUT2D eigenvalue weighted by Gasteiger charge is 2.31. The van der Waals surface area contributed by atoms with Crippen LogP contribution in [0.5, 0.6) is 0 Å². The predicted octanol–water partition coefficient (Wildman–Crippen LogP) is 1.90. The Morgan fingerprint density at radius 3 is 2.50 bits per heavy atom. The highest BCUT2D eigenvalue weighted by atomic mass is 16.2. The Morgan fingerprint density at radius 2 is 1.92 bits per heavy atom. The van der Waals surface area contributed by atoms with E-state index in [4.69, 9.17) is 0 Å². The summed E-state index contributed by atoms with van der Waals surface area (Å²) in [5.74, 6) is -0.127. The van der Waals surface area contributed by atoms with Gasteiger partial charge >= 0.3 is 0 Å². The van der Waals surface area contributed by atoms with Crippen molar-refractivity contribution in [3.63, 3.8) is 0 Å². The lowest BCUT2D eigenvalue weighted by molar-refractivity contribution is -0.126. The van der Waals surface area contributed by atoms with Gasteiger partial charge in [0.05, 0.1) is 5.69 Å². The zero-order chi connectivity index (χ0) is 16.9. The van der Waals surface area contributed by atoms with E-state index in [1.54, 1.807) is 11.0 Å². The molecule has 1 aliphatic rings. The van der Waals surface area contributed by atoms with Gasteiger partial charge in [0.15, 0.2) is 0 Å². The van der Waals surface area contributed by atoms with E-state index in [2.05, 4.69) is 20.7 Å². The minimum absolute atomic E-state index is 0.161. The molecule has 126 valence electrons. The molecule has 7 heteroatoms. The monoisotopic (exact) mass is 327 g/mol. The van der Waals surface area contributed by atoms with Crippen LogP contribution in [-0.4, -0.2) is 32.6 Å². The number of nitrogens with zero attached hydrogens (tertiary/aromatic N) is 3. The molecule has 0 aliphatic heterocycles. The molecule has 2 aromatic rings. The van der Waals surface area contributed by atoms with E-state index in [0.29, 0.717) is 5.69 Å². The SMILES string of the molecule is CC(=O)NC(C(=O)Nc1ccc(-n2cncn2)cc1)C1CCCC1. The first kappa shape index (κ1) is 16.2. The lowest BCUT2D eigenvalue weighted by atomic mass is 9.97. The minimum atomic E-state index is -0.472. The number of hydrogen-bond donors (Lipinski definition) is 2. The molecule has 3 rings (SSSR count). The highest BCUT2D eigenvalue weighted by Crippen LogP contribution is 2.28. The Morgan fingerprint density at radius 1 is 1.21 bits per heavy atom. The molecule has 24 heavy (non-hydrogen) atoms. The summed E-state index contributed by atoms with van der Waals surface area (Å²) in [6.07, 6.45) is 7.25. The molecule has 0 bridgehead atoms. The number of rotatable bonds is 5. The fourth-order valence-corrected chi connectivity index (χ4v) is 3.17. The molecule has 1 unspecified atom stereocenters. The van der Waals surface area contributed by atoms with Crippen molar-refractivity contribution >= 4 is 17.5 Å². The molecule has 1 aromatic carbocycles. The van der Waals surface area contributed by atoms with Crippen LogP contribution in [0.15, 0.2) is 36.9 Å². The molecule has 2 amide bonds. The Bertz CT molecular complexity index is 690. The summed E-state index contributed by atoms with van der Waals surface area (Å²) >= 11 is 0. The van der Waals surface area contributed by atoms with E-state index < -0.39 is 6.04 Å². The second-order valence-corrected chi connectivity index (χ2v) is 6.10. The summed E-state index contributed by atoms with van der Waals surface area (Å²) in [5.41, 5.74) is 1.55. The van der Waals surface area contributed by atoms with Crippen LogP contribution in [0.25, 0.3) is 5.69 Å². The maximum Gasteiger partial charge on any atom is 0.247 e. The summed E-state index contributed by atoms with van der Waals surface area (Å²) in [4.78, 5) is 27.9. The Labute approximate surface area is 140 Å². The quantitative estimate of drug-likeness (QED) is 0.878. The number of benzene rings is 1. The van der Waals surface area contributed by atoms with Crippen LogP contribution in [0, 0.1) is 5.92 Å². The van der Waals surface area contributed by atoms with Gasteiger partial charge in [-0.2, -0.15) is 5.10 Å². The van der Waals surface area contributed by atoms with Crippen molar-refractivity contribution in [1.29, 1.82) is 0 Å². The zero-order valence-electron chi connectivity index (χ0n) is 13.6. The van der Waals surface area contributed by atoms with Gasteiger partial charge < -0.3 is 10.6 Å². The van der Waals surface area contributed by atoms with Gasteiger partial charge in [-0.3, -0.25) is 9.59 Å². The number of carbonyl (C=O) groups is 2. The normalized spacial score (nSPS) is 15.9. The van der Waals surface area contributed by atoms with E-state index in [9.17, 15) is 9.59 Å². The van der Waals surface area contributed by atoms with E-state index in [1.807, 2.05) is 24.3 Å². The van der Waals surface area contributed by atoms with Crippen molar-refractivity contribution in [3.05, 3.63) is 36.9 Å².